The highest BCUT2D eigenvalue weighted by atomic mass is 35.5. The lowest BCUT2D eigenvalue weighted by Crippen LogP contribution is -1.88. The van der Waals surface area contributed by atoms with Gasteiger partial charge in [0.1, 0.15) is 0 Å². The van der Waals surface area contributed by atoms with Crippen molar-refractivity contribution in [3.05, 3.63) is 71.9 Å². The molecule has 2 nitrogen and oxygen atoms in total. The van der Waals surface area contributed by atoms with Gasteiger partial charge in [0.05, 0.1) is 10.7 Å². The summed E-state index contributed by atoms with van der Waals surface area (Å²) in [6.07, 6.45) is 3.33. The molecular formula is C15H13ClN2. The van der Waals surface area contributed by atoms with Crippen LogP contribution in [0.3, 0.4) is 0 Å². The van der Waals surface area contributed by atoms with Crippen LogP contribution in [0.4, 0.5) is 11.4 Å². The molecule has 0 radical (unpaired) electrons. The van der Waals surface area contributed by atoms with Crippen LogP contribution >= 0.6 is 11.6 Å². The highest BCUT2D eigenvalue weighted by Crippen LogP contribution is 2.11. The van der Waals surface area contributed by atoms with E-state index in [0.29, 0.717) is 5.03 Å². The van der Waals surface area contributed by atoms with E-state index >= 15 is 0 Å². The predicted octanol–water partition coefficient (Wildman–Crippen LogP) is 4.58. The zero-order chi connectivity index (χ0) is 12.6. The summed E-state index contributed by atoms with van der Waals surface area (Å²) >= 11 is 6.03. The number of nitrogens with one attached hydrogen (secondary N) is 1. The minimum atomic E-state index is 0.544. The molecule has 0 atom stereocenters. The largest absolute Gasteiger partial charge is 0.360 e. The Kier molecular flexibility index (Phi) is 4.56. The number of hydrogen-bond donors (Lipinski definition) is 1. The van der Waals surface area contributed by atoms with Gasteiger partial charge in [-0.05, 0) is 24.3 Å². The van der Waals surface area contributed by atoms with Crippen molar-refractivity contribution in [2.24, 2.45) is 4.99 Å². The van der Waals surface area contributed by atoms with Crippen LogP contribution in [0.1, 0.15) is 0 Å². The number of nitrogens with zero attached hydrogens (tertiary/aromatic N) is 1. The Bertz CT molecular complexity index is 533. The van der Waals surface area contributed by atoms with E-state index in [-0.39, 0.29) is 0 Å². The Hall–Kier alpha value is -2.06. The smallest absolute Gasteiger partial charge is 0.0748 e. The van der Waals surface area contributed by atoms with Crippen LogP contribution in [0.5, 0.6) is 0 Å². The van der Waals surface area contributed by atoms with Crippen molar-refractivity contribution < 1.29 is 0 Å². The lowest BCUT2D eigenvalue weighted by Gasteiger charge is -1.99. The fraction of sp³-hybridized carbons (Fsp3) is 0. The summed E-state index contributed by atoms with van der Waals surface area (Å²) in [7, 11) is 0. The van der Waals surface area contributed by atoms with Crippen molar-refractivity contribution in [1.29, 1.82) is 0 Å². The summed E-state index contributed by atoms with van der Waals surface area (Å²) in [6, 6.07) is 19.5. The maximum atomic E-state index is 6.03. The first kappa shape index (κ1) is 12.4. The van der Waals surface area contributed by atoms with Crippen LogP contribution in [0.15, 0.2) is 76.9 Å². The van der Waals surface area contributed by atoms with E-state index in [9.17, 15) is 0 Å². The summed E-state index contributed by atoms with van der Waals surface area (Å²) in [6.45, 7) is 0. The van der Waals surface area contributed by atoms with E-state index in [0.717, 1.165) is 11.4 Å². The summed E-state index contributed by atoms with van der Waals surface area (Å²) in [5, 5.41) is 3.64. The van der Waals surface area contributed by atoms with Gasteiger partial charge in [0.15, 0.2) is 0 Å². The number of halogens is 1. The normalized spacial score (nSPS) is 11.7. The van der Waals surface area contributed by atoms with E-state index in [1.807, 2.05) is 60.7 Å². The number of para-hydroxylation sites is 2. The maximum Gasteiger partial charge on any atom is 0.0748 e. The number of allylic oxidation sites excluding steroid dienone is 1. The van der Waals surface area contributed by atoms with Crippen molar-refractivity contribution in [3.8, 4) is 0 Å². The van der Waals surface area contributed by atoms with Crippen LogP contribution in [0, 0.1) is 0 Å². The second kappa shape index (κ2) is 6.62. The Balaban J connectivity index is 1.96. The third-order valence-electron chi connectivity index (χ3n) is 2.24. The van der Waals surface area contributed by atoms with Gasteiger partial charge >= 0.3 is 0 Å². The van der Waals surface area contributed by atoms with Gasteiger partial charge in [-0.1, -0.05) is 48.0 Å². The Labute approximate surface area is 112 Å². The summed E-state index contributed by atoms with van der Waals surface area (Å²) in [4.78, 5) is 4.25. The molecule has 3 heteroatoms. The fourth-order valence-corrected chi connectivity index (χ4v) is 1.48. The van der Waals surface area contributed by atoms with Gasteiger partial charge in [-0.2, -0.15) is 0 Å². The number of rotatable bonds is 4. The molecular weight excluding hydrogens is 244 g/mol. The molecule has 0 amide bonds. The average molecular weight is 257 g/mol. The van der Waals surface area contributed by atoms with Gasteiger partial charge in [0.25, 0.3) is 0 Å². The summed E-state index contributed by atoms with van der Waals surface area (Å²) in [5.41, 5.74) is 1.87. The van der Waals surface area contributed by atoms with Gasteiger partial charge in [-0.3, -0.25) is 4.99 Å². The zero-order valence-corrected chi connectivity index (χ0v) is 10.5. The maximum absolute atomic E-state index is 6.03. The number of anilines is 1. The van der Waals surface area contributed by atoms with Crippen LogP contribution < -0.4 is 5.32 Å². The molecule has 0 saturated carbocycles. The third-order valence-corrected chi connectivity index (χ3v) is 2.45. The monoisotopic (exact) mass is 256 g/mol. The Morgan fingerprint density at radius 3 is 2.22 bits per heavy atom. The topological polar surface area (TPSA) is 24.4 Å². The number of aliphatic imine (C=N–C) groups is 1. The second-order valence-corrected chi connectivity index (χ2v) is 4.07. The molecule has 2 rings (SSSR count). The molecule has 0 fully saturated rings. The standard InChI is InChI=1S/C15H13ClN2/c16-13(11-17-14-7-3-1-4-8-14)12-18-15-9-5-2-6-10-15/h1-12,17H/b13-11-,18-12+. The van der Waals surface area contributed by atoms with Crippen LogP contribution in [0.25, 0.3) is 0 Å². The first-order valence-electron chi connectivity index (χ1n) is 5.61. The van der Waals surface area contributed by atoms with E-state index in [1.165, 1.54) is 0 Å². The summed E-state index contributed by atoms with van der Waals surface area (Å²) < 4.78 is 0. The number of benzene rings is 2. The van der Waals surface area contributed by atoms with Gasteiger partial charge < -0.3 is 5.32 Å². The molecule has 0 unspecified atom stereocenters. The lowest BCUT2D eigenvalue weighted by atomic mass is 10.3. The lowest BCUT2D eigenvalue weighted by molar-refractivity contribution is 1.53. The molecule has 2 aromatic rings. The molecule has 18 heavy (non-hydrogen) atoms. The number of hydrogen-bond acceptors (Lipinski definition) is 2. The summed E-state index contributed by atoms with van der Waals surface area (Å²) in [5.74, 6) is 0. The Morgan fingerprint density at radius 1 is 0.944 bits per heavy atom. The van der Waals surface area contributed by atoms with Gasteiger partial charge in [-0.25, -0.2) is 0 Å². The first-order valence-corrected chi connectivity index (χ1v) is 5.99. The van der Waals surface area contributed by atoms with E-state index < -0.39 is 0 Å². The molecule has 0 saturated heterocycles. The zero-order valence-electron chi connectivity index (χ0n) is 9.75. The fourth-order valence-electron chi connectivity index (χ4n) is 1.37. The van der Waals surface area contributed by atoms with Crippen molar-refractivity contribution in [3.63, 3.8) is 0 Å². The third kappa shape index (κ3) is 4.07. The minimum Gasteiger partial charge on any atom is -0.360 e. The Morgan fingerprint density at radius 2 is 1.56 bits per heavy atom. The molecule has 0 heterocycles. The molecule has 0 aliphatic rings. The molecule has 0 aliphatic heterocycles. The second-order valence-electron chi connectivity index (χ2n) is 3.63. The van der Waals surface area contributed by atoms with Crippen molar-refractivity contribution in [2.45, 2.75) is 0 Å². The molecule has 0 aromatic heterocycles. The minimum absolute atomic E-state index is 0.544. The van der Waals surface area contributed by atoms with E-state index in [4.69, 9.17) is 11.6 Å². The van der Waals surface area contributed by atoms with E-state index in [1.54, 1.807) is 12.4 Å². The van der Waals surface area contributed by atoms with Crippen LogP contribution in [0.2, 0.25) is 0 Å². The van der Waals surface area contributed by atoms with Crippen molar-refractivity contribution in [1.82, 2.24) is 0 Å². The highest BCUT2D eigenvalue weighted by Gasteiger charge is 1.89. The van der Waals surface area contributed by atoms with Crippen molar-refractivity contribution in [2.75, 3.05) is 5.32 Å². The molecule has 90 valence electrons. The van der Waals surface area contributed by atoms with Gasteiger partial charge in [0, 0.05) is 18.1 Å². The highest BCUT2D eigenvalue weighted by molar-refractivity contribution is 6.39. The predicted molar refractivity (Wildman–Crippen MR) is 78.6 cm³/mol. The first-order chi connectivity index (χ1) is 8.84. The van der Waals surface area contributed by atoms with E-state index in [2.05, 4.69) is 10.3 Å². The molecule has 1 N–H and O–H groups in total. The molecule has 2 aromatic carbocycles. The van der Waals surface area contributed by atoms with Crippen LogP contribution in [-0.4, -0.2) is 6.21 Å². The van der Waals surface area contributed by atoms with Gasteiger partial charge in [-0.15, -0.1) is 0 Å². The van der Waals surface area contributed by atoms with Crippen molar-refractivity contribution >= 4 is 29.2 Å². The SMILES string of the molecule is ClC(=C\Nc1ccccc1)/C=N/c1ccccc1. The molecule has 0 spiro atoms. The average Bonchev–Trinajstić information content (AvgIpc) is 2.45. The molecule has 0 aliphatic carbocycles. The molecule has 0 bridgehead atoms. The van der Waals surface area contributed by atoms with Gasteiger partial charge in [0.2, 0.25) is 0 Å². The van der Waals surface area contributed by atoms with Crippen LogP contribution in [-0.2, 0) is 0 Å². The quantitative estimate of drug-likeness (QED) is 0.796.